The predicted molar refractivity (Wildman–Crippen MR) is 135 cm³/mol. The third-order valence-corrected chi connectivity index (χ3v) is 6.69. The Morgan fingerprint density at radius 3 is 1.97 bits per heavy atom. The fourth-order valence-corrected chi connectivity index (χ4v) is 4.81. The fourth-order valence-electron chi connectivity index (χ4n) is 4.81. The Morgan fingerprint density at radius 1 is 0.886 bits per heavy atom. The molecule has 8 heteroatoms. The van der Waals surface area contributed by atoms with Gasteiger partial charge in [-0.25, -0.2) is 9.69 Å². The van der Waals surface area contributed by atoms with Gasteiger partial charge in [0.05, 0.1) is 13.2 Å². The van der Waals surface area contributed by atoms with E-state index in [-0.39, 0.29) is 24.5 Å². The molecule has 0 spiro atoms. The lowest BCUT2D eigenvalue weighted by Gasteiger charge is -2.35. The van der Waals surface area contributed by atoms with Gasteiger partial charge in [-0.3, -0.25) is 19.4 Å². The molecule has 4 amide bonds. The normalized spacial score (nSPS) is 18.5. The summed E-state index contributed by atoms with van der Waals surface area (Å²) in [6, 6.07) is 19.3. The Labute approximate surface area is 207 Å². The van der Waals surface area contributed by atoms with Gasteiger partial charge < -0.3 is 10.6 Å². The first-order chi connectivity index (χ1) is 17.0. The molecule has 186 valence electrons. The molecule has 0 aliphatic carbocycles. The van der Waals surface area contributed by atoms with Crippen molar-refractivity contribution in [2.24, 2.45) is 0 Å². The molecule has 8 nitrogen and oxygen atoms in total. The van der Waals surface area contributed by atoms with Gasteiger partial charge in [-0.15, -0.1) is 0 Å². The number of nitrogens with zero attached hydrogens (tertiary/aromatic N) is 3. The highest BCUT2D eigenvalue weighted by atomic mass is 16.2. The van der Waals surface area contributed by atoms with Gasteiger partial charge in [-0.2, -0.15) is 0 Å². The summed E-state index contributed by atoms with van der Waals surface area (Å²) in [5.74, 6) is -0.141. The lowest BCUT2D eigenvalue weighted by molar-refractivity contribution is -0.133. The summed E-state index contributed by atoms with van der Waals surface area (Å²) in [6.45, 7) is 6.21. The quantitative estimate of drug-likeness (QED) is 0.511. The van der Waals surface area contributed by atoms with Crippen molar-refractivity contribution in [2.45, 2.75) is 31.7 Å². The van der Waals surface area contributed by atoms with E-state index in [1.807, 2.05) is 67.6 Å². The summed E-state index contributed by atoms with van der Waals surface area (Å²) >= 11 is 0. The van der Waals surface area contributed by atoms with Crippen molar-refractivity contribution in [3.63, 3.8) is 0 Å². The van der Waals surface area contributed by atoms with Crippen LogP contribution in [0.15, 0.2) is 60.7 Å². The fraction of sp³-hybridized carbons (Fsp3) is 0.444. The van der Waals surface area contributed by atoms with Crippen molar-refractivity contribution in [3.05, 3.63) is 71.8 Å². The molecule has 0 radical (unpaired) electrons. The van der Waals surface area contributed by atoms with Crippen LogP contribution in [0.25, 0.3) is 0 Å². The Bertz CT molecular complexity index is 964. The number of piperazine rings is 1. The zero-order valence-electron chi connectivity index (χ0n) is 20.4. The number of imide groups is 1. The third-order valence-electron chi connectivity index (χ3n) is 6.69. The van der Waals surface area contributed by atoms with Gasteiger partial charge in [-0.1, -0.05) is 67.6 Å². The number of hydrogen-bond acceptors (Lipinski definition) is 5. The monoisotopic (exact) mass is 477 g/mol. The molecule has 0 aromatic heterocycles. The van der Waals surface area contributed by atoms with Crippen molar-refractivity contribution in [1.29, 1.82) is 0 Å². The van der Waals surface area contributed by atoms with Gasteiger partial charge in [0.2, 0.25) is 5.91 Å². The van der Waals surface area contributed by atoms with E-state index >= 15 is 0 Å². The van der Waals surface area contributed by atoms with Crippen LogP contribution in [0.2, 0.25) is 0 Å². The van der Waals surface area contributed by atoms with Crippen molar-refractivity contribution in [1.82, 2.24) is 25.3 Å². The molecule has 0 atom stereocenters. The molecule has 2 fully saturated rings. The molecule has 4 rings (SSSR count). The van der Waals surface area contributed by atoms with E-state index in [1.165, 1.54) is 4.90 Å². The molecule has 2 heterocycles. The van der Waals surface area contributed by atoms with Crippen LogP contribution in [-0.2, 0) is 22.4 Å². The maximum Gasteiger partial charge on any atom is 0.326 e. The van der Waals surface area contributed by atoms with Crippen molar-refractivity contribution < 1.29 is 14.4 Å². The Kier molecular flexibility index (Phi) is 8.15. The maximum absolute atomic E-state index is 13.8. The summed E-state index contributed by atoms with van der Waals surface area (Å²) in [5, 5.41) is 5.97. The number of benzene rings is 2. The Morgan fingerprint density at radius 2 is 1.43 bits per heavy atom. The second-order valence-corrected chi connectivity index (χ2v) is 9.46. The second kappa shape index (κ2) is 11.5. The van der Waals surface area contributed by atoms with Crippen LogP contribution in [0, 0.1) is 0 Å². The first-order valence-electron chi connectivity index (χ1n) is 12.4. The largest absolute Gasteiger partial charge is 0.355 e. The summed E-state index contributed by atoms with van der Waals surface area (Å²) in [6.07, 6.45) is 1.79. The first-order valence-corrected chi connectivity index (χ1v) is 12.4. The molecular weight excluding hydrogens is 442 g/mol. The molecule has 2 aromatic carbocycles. The average Bonchev–Trinajstić information content (AvgIpc) is 3.09. The van der Waals surface area contributed by atoms with E-state index in [4.69, 9.17) is 0 Å². The topological polar surface area (TPSA) is 85.0 Å². The number of carbonyl (C=O) groups excluding carboxylic acids is 3. The SMILES string of the molecule is CCCNC(=O)CN1CCN(CN2C(=O)NC(Cc3ccccc3)(Cc3ccccc3)C2=O)CC1. The van der Waals surface area contributed by atoms with Crippen molar-refractivity contribution in [2.75, 3.05) is 45.9 Å². The van der Waals surface area contributed by atoms with E-state index < -0.39 is 5.54 Å². The average molecular weight is 478 g/mol. The Balaban J connectivity index is 1.41. The molecule has 0 saturated carbocycles. The van der Waals surface area contributed by atoms with Crippen LogP contribution < -0.4 is 10.6 Å². The van der Waals surface area contributed by atoms with E-state index in [1.54, 1.807) is 0 Å². The summed E-state index contributed by atoms with van der Waals surface area (Å²) in [7, 11) is 0. The number of amides is 4. The number of hydrogen-bond donors (Lipinski definition) is 2. The smallest absolute Gasteiger partial charge is 0.326 e. The lowest BCUT2D eigenvalue weighted by Crippen LogP contribution is -2.54. The van der Waals surface area contributed by atoms with Crippen LogP contribution >= 0.6 is 0 Å². The minimum Gasteiger partial charge on any atom is -0.355 e. The zero-order valence-corrected chi connectivity index (χ0v) is 20.4. The molecule has 2 N–H and O–H groups in total. The van der Waals surface area contributed by atoms with Crippen LogP contribution in [-0.4, -0.2) is 84.0 Å². The minimum absolute atomic E-state index is 0.0426. The number of urea groups is 1. The number of rotatable bonds is 10. The highest BCUT2D eigenvalue weighted by molar-refractivity contribution is 6.07. The van der Waals surface area contributed by atoms with E-state index in [0.717, 1.165) is 30.6 Å². The molecule has 2 saturated heterocycles. The first kappa shape index (κ1) is 24.9. The van der Waals surface area contributed by atoms with Crippen LogP contribution in [0.1, 0.15) is 24.5 Å². The van der Waals surface area contributed by atoms with Gasteiger partial charge in [0.1, 0.15) is 5.54 Å². The zero-order chi connectivity index (χ0) is 24.7. The predicted octanol–water partition coefficient (Wildman–Crippen LogP) is 1.86. The van der Waals surface area contributed by atoms with Crippen molar-refractivity contribution in [3.8, 4) is 0 Å². The van der Waals surface area contributed by atoms with E-state index in [2.05, 4.69) is 20.4 Å². The molecule has 2 aliphatic heterocycles. The maximum atomic E-state index is 13.8. The Hall–Kier alpha value is -3.23. The number of nitrogens with one attached hydrogen (secondary N) is 2. The minimum atomic E-state index is -1.01. The van der Waals surface area contributed by atoms with Gasteiger partial charge >= 0.3 is 6.03 Å². The third kappa shape index (κ3) is 6.26. The summed E-state index contributed by atoms with van der Waals surface area (Å²) in [5.41, 5.74) is 1.00. The summed E-state index contributed by atoms with van der Waals surface area (Å²) in [4.78, 5) is 44.4. The lowest BCUT2D eigenvalue weighted by atomic mass is 9.84. The van der Waals surface area contributed by atoms with Gasteiger partial charge in [0, 0.05) is 45.6 Å². The molecule has 0 bridgehead atoms. The van der Waals surface area contributed by atoms with Gasteiger partial charge in [0.25, 0.3) is 5.91 Å². The van der Waals surface area contributed by atoms with Crippen LogP contribution in [0.3, 0.4) is 0 Å². The second-order valence-electron chi connectivity index (χ2n) is 9.46. The number of carbonyl (C=O) groups is 3. The molecule has 2 aromatic rings. The molecule has 2 aliphatic rings. The highest BCUT2D eigenvalue weighted by Crippen LogP contribution is 2.27. The van der Waals surface area contributed by atoms with E-state index in [0.29, 0.717) is 39.0 Å². The van der Waals surface area contributed by atoms with Gasteiger partial charge in [0.15, 0.2) is 0 Å². The van der Waals surface area contributed by atoms with Crippen molar-refractivity contribution >= 4 is 17.8 Å². The standard InChI is InChI=1S/C27H35N5O3/c1-2-13-28-24(33)20-30-14-16-31(17-15-30)21-32-25(34)27(29-26(32)35,18-22-9-5-3-6-10-22)19-23-11-7-4-8-12-23/h3-12H,2,13-21H2,1H3,(H,28,33)(H,29,35). The van der Waals surface area contributed by atoms with E-state index in [9.17, 15) is 14.4 Å². The molecule has 35 heavy (non-hydrogen) atoms. The molecule has 0 unspecified atom stereocenters. The summed E-state index contributed by atoms with van der Waals surface area (Å²) < 4.78 is 0. The highest BCUT2D eigenvalue weighted by Gasteiger charge is 2.51. The molecular formula is C27H35N5O3. The van der Waals surface area contributed by atoms with Gasteiger partial charge in [-0.05, 0) is 17.5 Å². The van der Waals surface area contributed by atoms with Crippen LogP contribution in [0.4, 0.5) is 4.79 Å². The van der Waals surface area contributed by atoms with Crippen LogP contribution in [0.5, 0.6) is 0 Å².